The molecule has 1 unspecified atom stereocenters. The van der Waals surface area contributed by atoms with Crippen molar-refractivity contribution in [1.29, 1.82) is 0 Å². The zero-order chi connectivity index (χ0) is 11.5. The molecule has 0 radical (unpaired) electrons. The van der Waals surface area contributed by atoms with E-state index >= 15 is 0 Å². The van der Waals surface area contributed by atoms with Crippen LogP contribution in [0.25, 0.3) is 0 Å². The molecule has 2 rings (SSSR count). The van der Waals surface area contributed by atoms with Crippen LogP contribution in [0.4, 0.5) is 8.78 Å². The first kappa shape index (κ1) is 11.3. The van der Waals surface area contributed by atoms with Crippen molar-refractivity contribution < 1.29 is 8.78 Å². The van der Waals surface area contributed by atoms with Crippen LogP contribution in [0, 0.1) is 11.6 Å². The molecular weight excluding hydrogens is 208 g/mol. The smallest absolute Gasteiger partial charge is 0.159 e. The van der Waals surface area contributed by atoms with Crippen molar-refractivity contribution in [3.05, 3.63) is 47.0 Å². The van der Waals surface area contributed by atoms with Crippen molar-refractivity contribution in [2.24, 2.45) is 5.73 Å². The second-order valence-corrected chi connectivity index (χ2v) is 4.23. The van der Waals surface area contributed by atoms with Gasteiger partial charge in [0, 0.05) is 6.04 Å². The highest BCUT2D eigenvalue weighted by Gasteiger charge is 2.14. The van der Waals surface area contributed by atoms with Crippen LogP contribution in [0.1, 0.15) is 24.8 Å². The van der Waals surface area contributed by atoms with Gasteiger partial charge in [0.25, 0.3) is 0 Å². The highest BCUT2D eigenvalue weighted by molar-refractivity contribution is 5.23. The summed E-state index contributed by atoms with van der Waals surface area (Å²) in [6.07, 6.45) is 6.00. The molecule has 0 aliphatic heterocycles. The Morgan fingerprint density at radius 1 is 1.25 bits per heavy atom. The highest BCUT2D eigenvalue weighted by Crippen LogP contribution is 2.22. The quantitative estimate of drug-likeness (QED) is 0.783. The number of hydrogen-bond acceptors (Lipinski definition) is 1. The summed E-state index contributed by atoms with van der Waals surface area (Å²) in [5.74, 6) is -1.61. The minimum absolute atomic E-state index is 0.0626. The standard InChI is InChI=1S/C13H15F2N/c14-11-6-5-9(7-12(11)15)8-13(16)10-3-1-2-4-10/h3,5-7,13H,1-2,4,8,16H2. The lowest BCUT2D eigenvalue weighted by Gasteiger charge is -2.13. The topological polar surface area (TPSA) is 26.0 Å². The van der Waals surface area contributed by atoms with Gasteiger partial charge in [0.05, 0.1) is 0 Å². The molecule has 1 atom stereocenters. The first-order valence-corrected chi connectivity index (χ1v) is 5.55. The molecule has 0 spiro atoms. The van der Waals surface area contributed by atoms with E-state index in [0.717, 1.165) is 30.9 Å². The third-order valence-corrected chi connectivity index (χ3v) is 2.99. The molecule has 16 heavy (non-hydrogen) atoms. The van der Waals surface area contributed by atoms with Gasteiger partial charge in [-0.05, 0) is 43.4 Å². The summed E-state index contributed by atoms with van der Waals surface area (Å²) < 4.78 is 25.7. The van der Waals surface area contributed by atoms with Gasteiger partial charge in [-0.1, -0.05) is 17.7 Å². The maximum Gasteiger partial charge on any atom is 0.159 e. The number of hydrogen-bond donors (Lipinski definition) is 1. The summed E-state index contributed by atoms with van der Waals surface area (Å²) in [4.78, 5) is 0. The van der Waals surface area contributed by atoms with E-state index in [1.54, 1.807) is 6.07 Å². The summed E-state index contributed by atoms with van der Waals surface area (Å²) in [5, 5.41) is 0. The molecule has 1 nitrogen and oxygen atoms in total. The van der Waals surface area contributed by atoms with Crippen LogP contribution in [0.3, 0.4) is 0 Å². The summed E-state index contributed by atoms with van der Waals surface area (Å²) in [7, 11) is 0. The van der Waals surface area contributed by atoms with Gasteiger partial charge in [0.2, 0.25) is 0 Å². The molecule has 0 amide bonds. The molecule has 0 fully saturated rings. The normalized spacial score (nSPS) is 17.3. The molecular formula is C13H15F2N. The monoisotopic (exact) mass is 223 g/mol. The number of rotatable bonds is 3. The maximum atomic E-state index is 13.0. The third kappa shape index (κ3) is 2.47. The predicted octanol–water partition coefficient (Wildman–Crippen LogP) is 2.94. The van der Waals surface area contributed by atoms with Crippen LogP contribution < -0.4 is 5.73 Å². The average molecular weight is 223 g/mol. The maximum absolute atomic E-state index is 13.0. The number of nitrogens with two attached hydrogens (primary N) is 1. The Morgan fingerprint density at radius 2 is 2.06 bits per heavy atom. The van der Waals surface area contributed by atoms with E-state index in [0.29, 0.717) is 6.42 Å². The van der Waals surface area contributed by atoms with E-state index in [-0.39, 0.29) is 6.04 Å². The van der Waals surface area contributed by atoms with E-state index < -0.39 is 11.6 Å². The second kappa shape index (κ2) is 4.74. The van der Waals surface area contributed by atoms with Crippen LogP contribution >= 0.6 is 0 Å². The van der Waals surface area contributed by atoms with Crippen LogP contribution in [0.5, 0.6) is 0 Å². The molecule has 1 aliphatic carbocycles. The van der Waals surface area contributed by atoms with Gasteiger partial charge in [0.15, 0.2) is 11.6 Å². The molecule has 2 N–H and O–H groups in total. The molecule has 0 bridgehead atoms. The van der Waals surface area contributed by atoms with Crippen LogP contribution in [-0.4, -0.2) is 6.04 Å². The van der Waals surface area contributed by atoms with Crippen molar-refractivity contribution in [2.45, 2.75) is 31.7 Å². The summed E-state index contributed by atoms with van der Waals surface area (Å²) in [5.41, 5.74) is 8.00. The number of benzene rings is 1. The Bertz CT molecular complexity index is 412. The minimum atomic E-state index is -0.808. The molecule has 0 heterocycles. The molecule has 0 saturated carbocycles. The Hall–Kier alpha value is -1.22. The molecule has 86 valence electrons. The lowest BCUT2D eigenvalue weighted by Crippen LogP contribution is -2.24. The first-order chi connectivity index (χ1) is 7.66. The zero-order valence-electron chi connectivity index (χ0n) is 9.05. The third-order valence-electron chi connectivity index (χ3n) is 2.99. The van der Waals surface area contributed by atoms with Crippen molar-refractivity contribution >= 4 is 0 Å². The molecule has 0 aromatic heterocycles. The molecule has 1 aromatic carbocycles. The van der Waals surface area contributed by atoms with E-state index in [1.165, 1.54) is 11.6 Å². The lowest BCUT2D eigenvalue weighted by atomic mass is 9.99. The number of allylic oxidation sites excluding steroid dienone is 1. The predicted molar refractivity (Wildman–Crippen MR) is 60.0 cm³/mol. The zero-order valence-corrected chi connectivity index (χ0v) is 9.05. The fraction of sp³-hybridized carbons (Fsp3) is 0.385. The van der Waals surface area contributed by atoms with Crippen molar-refractivity contribution in [3.8, 4) is 0 Å². The van der Waals surface area contributed by atoms with Crippen LogP contribution in [0.15, 0.2) is 29.8 Å². The van der Waals surface area contributed by atoms with Gasteiger partial charge in [-0.2, -0.15) is 0 Å². The SMILES string of the molecule is NC(Cc1ccc(F)c(F)c1)C1=CCCC1. The molecule has 3 heteroatoms. The van der Waals surface area contributed by atoms with Crippen molar-refractivity contribution in [1.82, 2.24) is 0 Å². The first-order valence-electron chi connectivity index (χ1n) is 5.55. The summed E-state index contributed by atoms with van der Waals surface area (Å²) in [6.45, 7) is 0. The van der Waals surface area contributed by atoms with Crippen LogP contribution in [0.2, 0.25) is 0 Å². The summed E-state index contributed by atoms with van der Waals surface area (Å²) >= 11 is 0. The van der Waals surface area contributed by atoms with Crippen molar-refractivity contribution in [2.75, 3.05) is 0 Å². The molecule has 0 saturated heterocycles. The fourth-order valence-electron chi connectivity index (χ4n) is 2.08. The average Bonchev–Trinajstić information content (AvgIpc) is 2.77. The minimum Gasteiger partial charge on any atom is -0.324 e. The summed E-state index contributed by atoms with van der Waals surface area (Å²) in [6, 6.07) is 3.91. The van der Waals surface area contributed by atoms with Crippen LogP contribution in [-0.2, 0) is 6.42 Å². The largest absolute Gasteiger partial charge is 0.324 e. The Kier molecular flexibility index (Phi) is 3.34. The Balaban J connectivity index is 2.05. The van der Waals surface area contributed by atoms with E-state index in [2.05, 4.69) is 6.08 Å². The van der Waals surface area contributed by atoms with Gasteiger partial charge in [0.1, 0.15) is 0 Å². The molecule has 1 aliphatic rings. The Labute approximate surface area is 94.0 Å². The number of halogens is 2. The van der Waals surface area contributed by atoms with Gasteiger partial charge in [-0.15, -0.1) is 0 Å². The van der Waals surface area contributed by atoms with Gasteiger partial charge in [-0.25, -0.2) is 8.78 Å². The lowest BCUT2D eigenvalue weighted by molar-refractivity contribution is 0.506. The van der Waals surface area contributed by atoms with E-state index in [1.807, 2.05) is 0 Å². The van der Waals surface area contributed by atoms with E-state index in [4.69, 9.17) is 5.73 Å². The van der Waals surface area contributed by atoms with Gasteiger partial charge < -0.3 is 5.73 Å². The van der Waals surface area contributed by atoms with Gasteiger partial charge in [-0.3, -0.25) is 0 Å². The van der Waals surface area contributed by atoms with E-state index in [9.17, 15) is 8.78 Å². The Morgan fingerprint density at radius 3 is 2.69 bits per heavy atom. The second-order valence-electron chi connectivity index (χ2n) is 4.23. The van der Waals surface area contributed by atoms with Gasteiger partial charge >= 0.3 is 0 Å². The highest BCUT2D eigenvalue weighted by atomic mass is 19.2. The van der Waals surface area contributed by atoms with Crippen molar-refractivity contribution in [3.63, 3.8) is 0 Å². The fourth-order valence-corrected chi connectivity index (χ4v) is 2.08. The molecule has 1 aromatic rings.